The van der Waals surface area contributed by atoms with Crippen LogP contribution in [0.3, 0.4) is 0 Å². The summed E-state index contributed by atoms with van der Waals surface area (Å²) in [5, 5.41) is 0.724. The molecule has 0 radical (unpaired) electrons. The van der Waals surface area contributed by atoms with Gasteiger partial charge in [0.1, 0.15) is 6.29 Å². The Labute approximate surface area is 165 Å². The lowest BCUT2D eigenvalue weighted by Gasteiger charge is -2.47. The first-order valence-corrected chi connectivity index (χ1v) is 9.40. The molecular formula is C22H23ClN4. The van der Waals surface area contributed by atoms with Crippen LogP contribution in [0.4, 0.5) is 11.4 Å². The minimum Gasteiger partial charge on any atom is -0.312 e. The zero-order valence-corrected chi connectivity index (χ0v) is 16.0. The molecule has 0 aromatic heterocycles. The predicted octanol–water partition coefficient (Wildman–Crippen LogP) is 4.50. The first-order valence-electron chi connectivity index (χ1n) is 9.02. The van der Waals surface area contributed by atoms with E-state index in [0.717, 1.165) is 27.5 Å². The summed E-state index contributed by atoms with van der Waals surface area (Å²) in [6.45, 7) is 2.68. The molecule has 4 nitrogen and oxygen atoms in total. The van der Waals surface area contributed by atoms with Crippen molar-refractivity contribution in [2.75, 3.05) is 4.90 Å². The Morgan fingerprint density at radius 3 is 2.30 bits per heavy atom. The van der Waals surface area contributed by atoms with E-state index in [0.29, 0.717) is 6.54 Å². The van der Waals surface area contributed by atoms with E-state index in [2.05, 4.69) is 40.1 Å². The van der Waals surface area contributed by atoms with Crippen molar-refractivity contribution < 1.29 is 0 Å². The van der Waals surface area contributed by atoms with Crippen LogP contribution in [0, 0.1) is 6.92 Å². The van der Waals surface area contributed by atoms with Crippen LogP contribution in [0.2, 0.25) is 5.02 Å². The maximum atomic E-state index is 6.76. The Balaban J connectivity index is 1.82. The average Bonchev–Trinajstić information content (AvgIpc) is 2.69. The third kappa shape index (κ3) is 3.22. The highest BCUT2D eigenvalue weighted by Crippen LogP contribution is 2.42. The summed E-state index contributed by atoms with van der Waals surface area (Å²) in [6.07, 6.45) is -0.695. The molecule has 0 bridgehead atoms. The highest BCUT2D eigenvalue weighted by molar-refractivity contribution is 6.31. The molecule has 5 heteroatoms. The van der Waals surface area contributed by atoms with Gasteiger partial charge in [0.15, 0.2) is 0 Å². The van der Waals surface area contributed by atoms with Gasteiger partial charge in [-0.3, -0.25) is 5.73 Å². The highest BCUT2D eigenvalue weighted by Gasteiger charge is 2.36. The number of nitrogens with zero attached hydrogens (tertiary/aromatic N) is 2. The van der Waals surface area contributed by atoms with Gasteiger partial charge < -0.3 is 10.6 Å². The van der Waals surface area contributed by atoms with Gasteiger partial charge in [0, 0.05) is 28.5 Å². The van der Waals surface area contributed by atoms with Gasteiger partial charge in [-0.05, 0) is 36.2 Å². The predicted molar refractivity (Wildman–Crippen MR) is 112 cm³/mol. The number of fused-ring (bicyclic) bond motifs is 1. The fraction of sp³-hybridized carbons (Fsp3) is 0.182. The van der Waals surface area contributed by atoms with Gasteiger partial charge in [-0.2, -0.15) is 0 Å². The minimum absolute atomic E-state index is 0.285. The molecule has 0 amide bonds. The molecule has 1 heterocycles. The molecule has 4 N–H and O–H groups in total. The molecular weight excluding hydrogens is 356 g/mol. The Morgan fingerprint density at radius 2 is 1.52 bits per heavy atom. The first-order chi connectivity index (χ1) is 13.1. The van der Waals surface area contributed by atoms with Crippen molar-refractivity contribution in [2.45, 2.75) is 25.9 Å². The number of anilines is 2. The largest absolute Gasteiger partial charge is 0.312 e. The van der Waals surface area contributed by atoms with Crippen LogP contribution in [-0.4, -0.2) is 11.2 Å². The second kappa shape index (κ2) is 7.33. The van der Waals surface area contributed by atoms with E-state index in [1.165, 1.54) is 5.56 Å². The van der Waals surface area contributed by atoms with Crippen molar-refractivity contribution in [2.24, 2.45) is 11.5 Å². The number of hydrogen-bond acceptors (Lipinski definition) is 4. The molecule has 3 aromatic rings. The first kappa shape index (κ1) is 18.0. The van der Waals surface area contributed by atoms with Gasteiger partial charge in [-0.25, -0.2) is 4.90 Å². The Hall–Kier alpha value is -2.37. The van der Waals surface area contributed by atoms with E-state index in [9.17, 15) is 0 Å². The van der Waals surface area contributed by atoms with Gasteiger partial charge >= 0.3 is 0 Å². The quantitative estimate of drug-likeness (QED) is 0.704. The summed E-state index contributed by atoms with van der Waals surface area (Å²) in [7, 11) is 0. The molecule has 0 fully saturated rings. The summed E-state index contributed by atoms with van der Waals surface area (Å²) in [5.41, 5.74) is 18.6. The number of hydrogen-bond donors (Lipinski definition) is 2. The molecule has 138 valence electrons. The molecule has 0 aliphatic carbocycles. The third-order valence-corrected chi connectivity index (χ3v) is 5.59. The molecule has 4 rings (SSSR count). The second-order valence-electron chi connectivity index (χ2n) is 6.83. The lowest BCUT2D eigenvalue weighted by Crippen LogP contribution is -2.58. The molecule has 0 spiro atoms. The molecule has 1 aliphatic rings. The highest BCUT2D eigenvalue weighted by atomic mass is 35.5. The van der Waals surface area contributed by atoms with Gasteiger partial charge in [0.25, 0.3) is 0 Å². The zero-order valence-electron chi connectivity index (χ0n) is 15.2. The number of benzene rings is 3. The molecule has 1 aliphatic heterocycles. The maximum Gasteiger partial charge on any atom is 0.141 e. The van der Waals surface area contributed by atoms with E-state index >= 15 is 0 Å². The Bertz CT molecular complexity index is 944. The van der Waals surface area contributed by atoms with E-state index < -0.39 is 6.29 Å². The number of nitrogens with two attached hydrogens (primary N) is 2. The van der Waals surface area contributed by atoms with Crippen molar-refractivity contribution in [3.05, 3.63) is 94.5 Å². The Morgan fingerprint density at radius 1 is 0.852 bits per heavy atom. The standard InChI is InChI=1S/C22H23ClN4/c1-15-18(23)11-7-13-19(15)27-20-12-6-5-10-17(20)21(24)26(22(27)25)14-16-8-3-2-4-9-16/h2-13,21-22H,14,24-25H2,1H3. The van der Waals surface area contributed by atoms with E-state index in [1.54, 1.807) is 0 Å². The summed E-state index contributed by atoms with van der Waals surface area (Å²) < 4.78 is 0. The molecule has 27 heavy (non-hydrogen) atoms. The summed E-state index contributed by atoms with van der Waals surface area (Å²) in [5.74, 6) is 0. The van der Waals surface area contributed by atoms with Crippen molar-refractivity contribution in [3.63, 3.8) is 0 Å². The van der Waals surface area contributed by atoms with Crippen LogP contribution in [0.25, 0.3) is 0 Å². The Kier molecular flexibility index (Phi) is 4.89. The van der Waals surface area contributed by atoms with Crippen molar-refractivity contribution >= 4 is 23.0 Å². The lowest BCUT2D eigenvalue weighted by atomic mass is 10.0. The van der Waals surface area contributed by atoms with Gasteiger partial charge in [-0.1, -0.05) is 66.2 Å². The summed E-state index contributed by atoms with van der Waals surface area (Å²) in [4.78, 5) is 4.24. The molecule has 0 saturated carbocycles. The smallest absolute Gasteiger partial charge is 0.141 e. The van der Waals surface area contributed by atoms with Crippen LogP contribution < -0.4 is 16.4 Å². The maximum absolute atomic E-state index is 6.76. The minimum atomic E-state index is -0.410. The lowest BCUT2D eigenvalue weighted by molar-refractivity contribution is 0.121. The molecule has 0 saturated heterocycles. The monoisotopic (exact) mass is 378 g/mol. The number of halogens is 1. The molecule has 2 atom stereocenters. The molecule has 2 unspecified atom stereocenters. The summed E-state index contributed by atoms with van der Waals surface area (Å²) in [6, 6.07) is 24.3. The fourth-order valence-corrected chi connectivity index (χ4v) is 3.88. The normalized spacial score (nSPS) is 19.8. The van der Waals surface area contributed by atoms with Crippen molar-refractivity contribution in [1.82, 2.24) is 4.90 Å². The zero-order chi connectivity index (χ0) is 19.0. The van der Waals surface area contributed by atoms with Gasteiger partial charge in [0.2, 0.25) is 0 Å². The summed E-state index contributed by atoms with van der Waals surface area (Å²) >= 11 is 6.40. The van der Waals surface area contributed by atoms with E-state index in [4.69, 9.17) is 23.1 Å². The van der Waals surface area contributed by atoms with Gasteiger partial charge in [0.05, 0.1) is 6.17 Å². The second-order valence-corrected chi connectivity index (χ2v) is 7.24. The van der Waals surface area contributed by atoms with Crippen LogP contribution in [-0.2, 0) is 6.54 Å². The van der Waals surface area contributed by atoms with Crippen molar-refractivity contribution in [1.29, 1.82) is 0 Å². The van der Waals surface area contributed by atoms with Crippen LogP contribution in [0.15, 0.2) is 72.8 Å². The van der Waals surface area contributed by atoms with E-state index in [1.807, 2.05) is 49.4 Å². The van der Waals surface area contributed by atoms with Crippen molar-refractivity contribution in [3.8, 4) is 0 Å². The van der Waals surface area contributed by atoms with Crippen LogP contribution in [0.5, 0.6) is 0 Å². The number of rotatable bonds is 3. The fourth-order valence-electron chi connectivity index (χ4n) is 3.71. The molecule has 3 aromatic carbocycles. The topological polar surface area (TPSA) is 58.5 Å². The third-order valence-electron chi connectivity index (χ3n) is 5.18. The average molecular weight is 379 g/mol. The van der Waals surface area contributed by atoms with E-state index in [-0.39, 0.29) is 6.17 Å². The van der Waals surface area contributed by atoms with Crippen LogP contribution >= 0.6 is 11.6 Å². The SMILES string of the molecule is Cc1c(Cl)cccc1N1c2ccccc2C(N)N(Cc2ccccc2)C1N. The number of para-hydroxylation sites is 1. The van der Waals surface area contributed by atoms with Crippen LogP contribution in [0.1, 0.15) is 22.9 Å². The van der Waals surface area contributed by atoms with Gasteiger partial charge in [-0.15, -0.1) is 0 Å².